The Labute approximate surface area is 171 Å². The van der Waals surface area contributed by atoms with Gasteiger partial charge in [-0.3, -0.25) is 0 Å². The Morgan fingerprint density at radius 3 is 1.04 bits per heavy atom. The summed E-state index contributed by atoms with van der Waals surface area (Å²) in [5.74, 6) is 0. The fourth-order valence-corrected chi connectivity index (χ4v) is 4.48. The van der Waals surface area contributed by atoms with Gasteiger partial charge in [0.1, 0.15) is 0 Å². The number of allylic oxidation sites excluding steroid dienone is 1. The zero-order chi connectivity index (χ0) is 15.6. The van der Waals surface area contributed by atoms with Gasteiger partial charge in [0.05, 0.1) is 0 Å². The van der Waals surface area contributed by atoms with Gasteiger partial charge in [0.25, 0.3) is 0 Å². The van der Waals surface area contributed by atoms with Crippen molar-refractivity contribution in [3.63, 3.8) is 0 Å². The van der Waals surface area contributed by atoms with Gasteiger partial charge in [0.2, 0.25) is 0 Å². The minimum Gasteiger partial charge on any atom is -0.245 e. The molecule has 0 unspecified atom stereocenters. The third-order valence-electron chi connectivity index (χ3n) is 3.04. The molecule has 0 bridgehead atoms. The van der Waals surface area contributed by atoms with Crippen LogP contribution in [0.15, 0.2) is 104 Å². The second-order valence-electron chi connectivity index (χ2n) is 4.63. The molecule has 3 aromatic rings. The molecule has 0 saturated heterocycles. The van der Waals surface area contributed by atoms with Crippen molar-refractivity contribution in [3.05, 3.63) is 111 Å². The van der Waals surface area contributed by atoms with Crippen LogP contribution in [-0.2, 0) is 20.4 Å². The van der Waals surface area contributed by atoms with Crippen molar-refractivity contribution < 1.29 is 20.4 Å². The number of halogens is 1. The van der Waals surface area contributed by atoms with Crippen molar-refractivity contribution in [1.82, 2.24) is 0 Å². The Balaban J connectivity index is 0.000000988. The average Bonchev–Trinajstić information content (AvgIpc) is 2.59. The van der Waals surface area contributed by atoms with Crippen molar-refractivity contribution in [3.8, 4) is 0 Å². The van der Waals surface area contributed by atoms with Gasteiger partial charge >= 0.3 is 0 Å². The summed E-state index contributed by atoms with van der Waals surface area (Å²) in [6, 6.07) is 32.3. The number of rotatable bonds is 3. The molecule has 3 aromatic carbocycles. The van der Waals surface area contributed by atoms with E-state index in [4.69, 9.17) is 0 Å². The molecular formula is C21H21BrPPd-. The van der Waals surface area contributed by atoms with E-state index in [2.05, 4.69) is 104 Å². The summed E-state index contributed by atoms with van der Waals surface area (Å²) in [4.78, 5) is 0. The van der Waals surface area contributed by atoms with Crippen LogP contribution >= 0.6 is 24.9 Å². The summed E-state index contributed by atoms with van der Waals surface area (Å²) in [6.45, 7) is 6.50. The number of hydrogen-bond donors (Lipinski definition) is 0. The molecule has 0 aliphatic carbocycles. The van der Waals surface area contributed by atoms with Crippen LogP contribution in [0.4, 0.5) is 0 Å². The molecule has 0 aromatic heterocycles. The minimum atomic E-state index is -0.446. The predicted molar refractivity (Wildman–Crippen MR) is 111 cm³/mol. The van der Waals surface area contributed by atoms with E-state index in [9.17, 15) is 0 Å². The van der Waals surface area contributed by atoms with E-state index >= 15 is 0 Å². The standard InChI is InChI=1S/C18H15P.C3H5.BrH.Pd/c1-4-10-16(11-5-1)19(17-12-6-2-7-13-17)18-14-8-3-9-15-18;1-3-2;;/h1-15H;3H,1-2H2;1H;/q;-1;;. The molecule has 128 valence electrons. The predicted octanol–water partition coefficient (Wildman–Crippen LogP) is 5.03. The molecule has 0 atom stereocenters. The van der Waals surface area contributed by atoms with Crippen LogP contribution in [0.3, 0.4) is 0 Å². The minimum absolute atomic E-state index is 0. The molecule has 3 rings (SSSR count). The monoisotopic (exact) mass is 489 g/mol. The Morgan fingerprint density at radius 2 is 0.833 bits per heavy atom. The zero-order valence-corrected chi connectivity index (χ0v) is 17.5. The quantitative estimate of drug-likeness (QED) is 0.275. The maximum absolute atomic E-state index is 3.25. The van der Waals surface area contributed by atoms with Crippen molar-refractivity contribution in [1.29, 1.82) is 0 Å². The molecule has 0 saturated carbocycles. The summed E-state index contributed by atoms with van der Waals surface area (Å²) in [5, 5.41) is 4.19. The van der Waals surface area contributed by atoms with E-state index in [0.29, 0.717) is 0 Å². The van der Waals surface area contributed by atoms with Crippen LogP contribution in [-0.4, -0.2) is 0 Å². The van der Waals surface area contributed by atoms with Gasteiger partial charge in [-0.1, -0.05) is 91.0 Å². The molecule has 3 heteroatoms. The molecule has 0 aliphatic rings. The molecular weight excluding hydrogens is 470 g/mol. The molecule has 0 heterocycles. The Hall–Kier alpha value is -1.16. The first-order chi connectivity index (χ1) is 10.9. The summed E-state index contributed by atoms with van der Waals surface area (Å²) in [5.41, 5.74) is 0. The van der Waals surface area contributed by atoms with Crippen LogP contribution in [0.1, 0.15) is 0 Å². The summed E-state index contributed by atoms with van der Waals surface area (Å²) in [6.07, 6.45) is 1.50. The van der Waals surface area contributed by atoms with E-state index in [-0.39, 0.29) is 37.4 Å². The van der Waals surface area contributed by atoms with E-state index in [1.54, 1.807) is 0 Å². The van der Waals surface area contributed by atoms with Gasteiger partial charge in [0, 0.05) is 20.4 Å². The average molecular weight is 491 g/mol. The normalized spacial score (nSPS) is 8.88. The third-order valence-corrected chi connectivity index (χ3v) is 5.49. The zero-order valence-electron chi connectivity index (χ0n) is 13.3. The van der Waals surface area contributed by atoms with Gasteiger partial charge in [0.15, 0.2) is 0 Å². The van der Waals surface area contributed by atoms with Gasteiger partial charge in [-0.2, -0.15) is 0 Å². The van der Waals surface area contributed by atoms with Crippen LogP contribution in [0.5, 0.6) is 0 Å². The summed E-state index contributed by atoms with van der Waals surface area (Å²) in [7, 11) is -0.446. The van der Waals surface area contributed by atoms with Crippen molar-refractivity contribution >= 4 is 40.8 Å². The topological polar surface area (TPSA) is 0 Å². The number of hydrogen-bond acceptors (Lipinski definition) is 0. The van der Waals surface area contributed by atoms with Gasteiger partial charge < -0.3 is 0 Å². The van der Waals surface area contributed by atoms with Crippen LogP contribution in [0.2, 0.25) is 0 Å². The summed E-state index contributed by atoms with van der Waals surface area (Å²) < 4.78 is 0. The Bertz CT molecular complexity index is 578. The largest absolute Gasteiger partial charge is 0.245 e. The van der Waals surface area contributed by atoms with Crippen LogP contribution in [0.25, 0.3) is 0 Å². The molecule has 24 heavy (non-hydrogen) atoms. The van der Waals surface area contributed by atoms with Crippen molar-refractivity contribution in [2.24, 2.45) is 0 Å². The molecule has 0 radical (unpaired) electrons. The van der Waals surface area contributed by atoms with Crippen LogP contribution in [0, 0.1) is 6.92 Å². The second-order valence-corrected chi connectivity index (χ2v) is 6.85. The fraction of sp³-hybridized carbons (Fsp3) is 0. The molecule has 0 nitrogen and oxygen atoms in total. The summed E-state index contributed by atoms with van der Waals surface area (Å²) >= 11 is 0. The smallest absolute Gasteiger partial charge is 0 e. The van der Waals surface area contributed by atoms with E-state index in [1.165, 1.54) is 22.0 Å². The molecule has 0 fully saturated rings. The molecule has 0 N–H and O–H groups in total. The maximum atomic E-state index is 3.25. The first-order valence-electron chi connectivity index (χ1n) is 7.22. The molecule has 0 spiro atoms. The molecule has 0 aliphatic heterocycles. The molecule has 0 amide bonds. The van der Waals surface area contributed by atoms with E-state index in [1.807, 2.05) is 0 Å². The second kappa shape index (κ2) is 13.2. The Morgan fingerprint density at radius 1 is 0.625 bits per heavy atom. The van der Waals surface area contributed by atoms with Crippen molar-refractivity contribution in [2.45, 2.75) is 0 Å². The fourth-order valence-electron chi connectivity index (χ4n) is 2.18. The first-order valence-corrected chi connectivity index (χ1v) is 8.56. The van der Waals surface area contributed by atoms with E-state index < -0.39 is 7.92 Å². The van der Waals surface area contributed by atoms with Crippen molar-refractivity contribution in [2.75, 3.05) is 0 Å². The first kappa shape index (κ1) is 22.8. The SMILES string of the molecule is Br.C=C[CH2-].[Pd].c1ccc(P(c2ccccc2)c2ccccc2)cc1. The van der Waals surface area contributed by atoms with E-state index in [0.717, 1.165) is 0 Å². The third kappa shape index (κ3) is 6.76. The maximum Gasteiger partial charge on any atom is 0 e. The van der Waals surface area contributed by atoms with Crippen LogP contribution < -0.4 is 15.9 Å². The number of benzene rings is 3. The van der Waals surface area contributed by atoms with Gasteiger partial charge in [-0.25, -0.2) is 19.6 Å². The van der Waals surface area contributed by atoms with Gasteiger partial charge in [-0.15, -0.1) is 17.0 Å². The van der Waals surface area contributed by atoms with Gasteiger partial charge in [-0.05, 0) is 23.8 Å². The Kier molecular flexibility index (Phi) is 12.5.